The molecule has 0 fully saturated rings. The standard InChI is InChI=1S/C12H13FN2O4S/c1-9-5-7-14(8-6-9)20(18,19)11-4-2-3-10(13)12(11)15(16)17/h2-5H,6-8H2,1H3. The van der Waals surface area contributed by atoms with Crippen molar-refractivity contribution in [2.45, 2.75) is 18.2 Å². The number of benzene rings is 1. The largest absolute Gasteiger partial charge is 0.324 e. The second-order valence-corrected chi connectivity index (χ2v) is 6.41. The third-order valence-corrected chi connectivity index (χ3v) is 5.05. The fraction of sp³-hybridized carbons (Fsp3) is 0.333. The lowest BCUT2D eigenvalue weighted by atomic mass is 10.1. The van der Waals surface area contributed by atoms with Crippen LogP contribution in [-0.2, 0) is 10.0 Å². The van der Waals surface area contributed by atoms with Gasteiger partial charge in [-0.3, -0.25) is 10.1 Å². The Balaban J connectivity index is 2.51. The minimum absolute atomic E-state index is 0.141. The summed E-state index contributed by atoms with van der Waals surface area (Å²) in [6, 6.07) is 3.08. The smallest absolute Gasteiger partial charge is 0.258 e. The lowest BCUT2D eigenvalue weighted by Gasteiger charge is -2.24. The molecule has 1 aromatic rings. The summed E-state index contributed by atoms with van der Waals surface area (Å²) in [6.45, 7) is 2.26. The van der Waals surface area contributed by atoms with Crippen LogP contribution in [0.1, 0.15) is 13.3 Å². The molecule has 0 radical (unpaired) electrons. The van der Waals surface area contributed by atoms with E-state index in [2.05, 4.69) is 0 Å². The molecule has 1 aliphatic heterocycles. The first kappa shape index (κ1) is 14.6. The van der Waals surface area contributed by atoms with E-state index >= 15 is 0 Å². The van der Waals surface area contributed by atoms with Crippen LogP contribution in [0.4, 0.5) is 10.1 Å². The van der Waals surface area contributed by atoms with Crippen LogP contribution in [0.2, 0.25) is 0 Å². The van der Waals surface area contributed by atoms with Gasteiger partial charge in [0, 0.05) is 13.1 Å². The van der Waals surface area contributed by atoms with Gasteiger partial charge in [0.05, 0.1) is 4.92 Å². The van der Waals surface area contributed by atoms with Crippen LogP contribution in [-0.4, -0.2) is 30.7 Å². The highest BCUT2D eigenvalue weighted by Gasteiger charge is 2.34. The number of hydrogen-bond acceptors (Lipinski definition) is 4. The van der Waals surface area contributed by atoms with E-state index in [0.29, 0.717) is 6.42 Å². The Kier molecular flexibility index (Phi) is 3.87. The van der Waals surface area contributed by atoms with E-state index in [0.717, 1.165) is 28.1 Å². The van der Waals surface area contributed by atoms with Crippen LogP contribution >= 0.6 is 0 Å². The van der Waals surface area contributed by atoms with Gasteiger partial charge in [-0.2, -0.15) is 8.70 Å². The molecule has 1 aromatic carbocycles. The summed E-state index contributed by atoms with van der Waals surface area (Å²) in [5.41, 5.74) is 0.0592. The zero-order valence-corrected chi connectivity index (χ0v) is 11.6. The quantitative estimate of drug-likeness (QED) is 0.486. The third-order valence-electron chi connectivity index (χ3n) is 3.15. The van der Waals surface area contributed by atoms with Gasteiger partial charge in [-0.15, -0.1) is 0 Å². The lowest BCUT2D eigenvalue weighted by Crippen LogP contribution is -2.35. The van der Waals surface area contributed by atoms with Gasteiger partial charge in [-0.05, 0) is 25.5 Å². The number of halogens is 1. The first-order chi connectivity index (χ1) is 9.34. The summed E-state index contributed by atoms with van der Waals surface area (Å²) in [5.74, 6) is -1.15. The summed E-state index contributed by atoms with van der Waals surface area (Å²) < 4.78 is 39.4. The molecule has 1 aliphatic rings. The molecule has 0 saturated heterocycles. The number of nitrogens with zero attached hydrogens (tertiary/aromatic N) is 2. The Morgan fingerprint density at radius 1 is 1.40 bits per heavy atom. The van der Waals surface area contributed by atoms with Crippen LogP contribution in [0.15, 0.2) is 34.7 Å². The molecule has 0 bridgehead atoms. The average Bonchev–Trinajstić information content (AvgIpc) is 2.38. The van der Waals surface area contributed by atoms with Crippen LogP contribution in [0.5, 0.6) is 0 Å². The van der Waals surface area contributed by atoms with E-state index in [4.69, 9.17) is 0 Å². The highest BCUT2D eigenvalue weighted by molar-refractivity contribution is 7.89. The van der Waals surface area contributed by atoms with Crippen molar-refractivity contribution in [1.82, 2.24) is 4.31 Å². The Morgan fingerprint density at radius 2 is 2.10 bits per heavy atom. The van der Waals surface area contributed by atoms with Gasteiger partial charge in [-0.1, -0.05) is 17.7 Å². The van der Waals surface area contributed by atoms with Crippen LogP contribution in [0.25, 0.3) is 0 Å². The van der Waals surface area contributed by atoms with Gasteiger partial charge >= 0.3 is 5.69 Å². The van der Waals surface area contributed by atoms with Gasteiger partial charge in [0.1, 0.15) is 0 Å². The number of nitro benzene ring substituents is 1. The maximum absolute atomic E-state index is 13.5. The lowest BCUT2D eigenvalue weighted by molar-refractivity contribution is -0.390. The molecule has 6 nitrogen and oxygen atoms in total. The molecule has 2 rings (SSSR count). The van der Waals surface area contributed by atoms with E-state index in [-0.39, 0.29) is 13.1 Å². The average molecular weight is 300 g/mol. The molecule has 20 heavy (non-hydrogen) atoms. The van der Waals surface area contributed by atoms with Crippen molar-refractivity contribution in [2.24, 2.45) is 0 Å². The number of rotatable bonds is 3. The number of hydrogen-bond donors (Lipinski definition) is 0. The molecule has 0 atom stereocenters. The monoisotopic (exact) mass is 300 g/mol. The molecule has 0 amide bonds. The second kappa shape index (κ2) is 5.29. The highest BCUT2D eigenvalue weighted by Crippen LogP contribution is 2.30. The van der Waals surface area contributed by atoms with Crippen molar-refractivity contribution in [3.05, 3.63) is 45.8 Å². The SMILES string of the molecule is CC1=CCN(S(=O)(=O)c2cccc(F)c2[N+](=O)[O-])CC1. The van der Waals surface area contributed by atoms with E-state index in [9.17, 15) is 22.9 Å². The fourth-order valence-electron chi connectivity index (χ4n) is 1.99. The van der Waals surface area contributed by atoms with Gasteiger partial charge < -0.3 is 0 Å². The van der Waals surface area contributed by atoms with Crippen LogP contribution in [0.3, 0.4) is 0 Å². The maximum atomic E-state index is 13.5. The Labute approximate surface area is 115 Å². The van der Waals surface area contributed by atoms with E-state index in [1.54, 1.807) is 6.08 Å². The molecular weight excluding hydrogens is 287 g/mol. The summed E-state index contributed by atoms with van der Waals surface area (Å²) >= 11 is 0. The van der Waals surface area contributed by atoms with Crippen molar-refractivity contribution in [1.29, 1.82) is 0 Å². The van der Waals surface area contributed by atoms with Gasteiger partial charge in [0.25, 0.3) is 0 Å². The molecule has 0 saturated carbocycles. The van der Waals surface area contributed by atoms with Gasteiger partial charge in [0.2, 0.25) is 15.8 Å². The predicted octanol–water partition coefficient (Wildman–Crippen LogP) is 2.07. The van der Waals surface area contributed by atoms with E-state index < -0.39 is 31.3 Å². The van der Waals surface area contributed by atoms with Crippen LogP contribution < -0.4 is 0 Å². The summed E-state index contributed by atoms with van der Waals surface area (Å²) in [5, 5.41) is 10.9. The first-order valence-electron chi connectivity index (χ1n) is 5.92. The number of nitro groups is 1. The van der Waals surface area contributed by atoms with Gasteiger partial charge in [0.15, 0.2) is 4.90 Å². The Morgan fingerprint density at radius 3 is 2.65 bits per heavy atom. The molecule has 0 aromatic heterocycles. The molecule has 0 N–H and O–H groups in total. The third kappa shape index (κ3) is 2.56. The van der Waals surface area contributed by atoms with Gasteiger partial charge in [-0.25, -0.2) is 8.42 Å². The normalized spacial score (nSPS) is 16.8. The Bertz CT molecular complexity index is 685. The molecule has 0 unspecified atom stereocenters. The first-order valence-corrected chi connectivity index (χ1v) is 7.36. The fourth-order valence-corrected chi connectivity index (χ4v) is 3.54. The van der Waals surface area contributed by atoms with Crippen molar-refractivity contribution < 1.29 is 17.7 Å². The summed E-state index contributed by atoms with van der Waals surface area (Å²) in [7, 11) is -4.08. The van der Waals surface area contributed by atoms with E-state index in [1.807, 2.05) is 6.92 Å². The zero-order chi connectivity index (χ0) is 14.9. The molecule has 0 spiro atoms. The van der Waals surface area contributed by atoms with Crippen molar-refractivity contribution in [2.75, 3.05) is 13.1 Å². The minimum Gasteiger partial charge on any atom is -0.258 e. The molecule has 1 heterocycles. The van der Waals surface area contributed by atoms with Crippen molar-refractivity contribution in [3.63, 3.8) is 0 Å². The summed E-state index contributed by atoms with van der Waals surface area (Å²) in [4.78, 5) is 9.29. The number of sulfonamides is 1. The Hall–Kier alpha value is -1.80. The topological polar surface area (TPSA) is 80.5 Å². The highest BCUT2D eigenvalue weighted by atomic mass is 32.2. The number of para-hydroxylation sites is 1. The zero-order valence-electron chi connectivity index (χ0n) is 10.7. The van der Waals surface area contributed by atoms with Crippen molar-refractivity contribution >= 4 is 15.7 Å². The summed E-state index contributed by atoms with van der Waals surface area (Å²) in [6.07, 6.45) is 2.30. The second-order valence-electron chi connectivity index (χ2n) is 4.51. The molecule has 8 heteroatoms. The van der Waals surface area contributed by atoms with Crippen LogP contribution in [0, 0.1) is 15.9 Å². The maximum Gasteiger partial charge on any atom is 0.324 e. The molecular formula is C12H13FN2O4S. The van der Waals surface area contributed by atoms with E-state index in [1.165, 1.54) is 0 Å². The predicted molar refractivity (Wildman–Crippen MR) is 70.2 cm³/mol. The minimum atomic E-state index is -4.08. The molecule has 0 aliphatic carbocycles. The molecule has 108 valence electrons. The van der Waals surface area contributed by atoms with Crippen molar-refractivity contribution in [3.8, 4) is 0 Å².